The van der Waals surface area contributed by atoms with Gasteiger partial charge in [-0.05, 0) is 38.1 Å². The van der Waals surface area contributed by atoms with Gasteiger partial charge in [-0.25, -0.2) is 14.4 Å². The van der Waals surface area contributed by atoms with Gasteiger partial charge in [-0.1, -0.05) is 36.4 Å². The van der Waals surface area contributed by atoms with Crippen molar-refractivity contribution in [3.8, 4) is 0 Å². The molecule has 0 saturated carbocycles. The molecular formula is C28H30O12. The van der Waals surface area contributed by atoms with Gasteiger partial charge in [0, 0.05) is 13.8 Å². The van der Waals surface area contributed by atoms with E-state index in [9.17, 15) is 33.9 Å². The molecule has 0 aromatic heterocycles. The van der Waals surface area contributed by atoms with Crippen LogP contribution in [0, 0.1) is 0 Å². The number of carbonyl (C=O) groups is 6. The van der Waals surface area contributed by atoms with Crippen LogP contribution < -0.4 is 0 Å². The number of carbonyl (C=O) groups excluding carboxylic acids is 5. The van der Waals surface area contributed by atoms with Crippen molar-refractivity contribution in [1.82, 2.24) is 0 Å². The zero-order valence-corrected chi connectivity index (χ0v) is 22.4. The summed E-state index contributed by atoms with van der Waals surface area (Å²) in [6.45, 7) is 2.96. The largest absolute Gasteiger partial charge is 0.481 e. The quantitative estimate of drug-likeness (QED) is 0.282. The Hall–Kier alpha value is -4.74. The molecule has 12 nitrogen and oxygen atoms in total. The first-order chi connectivity index (χ1) is 18.8. The van der Waals surface area contributed by atoms with Gasteiger partial charge >= 0.3 is 35.8 Å². The molecule has 0 heterocycles. The molecule has 0 aliphatic rings. The average molecular weight is 559 g/mol. The Labute approximate surface area is 230 Å². The van der Waals surface area contributed by atoms with E-state index >= 15 is 0 Å². The second kappa shape index (κ2) is 13.9. The van der Waals surface area contributed by atoms with Gasteiger partial charge in [0.15, 0.2) is 11.7 Å². The molecule has 0 saturated heterocycles. The molecule has 12 heteroatoms. The minimum atomic E-state index is -2.26. The fourth-order valence-electron chi connectivity index (χ4n) is 3.34. The fourth-order valence-corrected chi connectivity index (χ4v) is 3.34. The van der Waals surface area contributed by atoms with Crippen LogP contribution in [0.15, 0.2) is 60.7 Å². The number of rotatable bonds is 13. The first-order valence-corrected chi connectivity index (χ1v) is 12.0. The van der Waals surface area contributed by atoms with Gasteiger partial charge in [0.1, 0.15) is 13.2 Å². The molecule has 2 rings (SSSR count). The van der Waals surface area contributed by atoms with Crippen molar-refractivity contribution < 1.29 is 57.6 Å². The maximum Gasteiger partial charge on any atom is 0.354 e. The molecular weight excluding hydrogens is 528 g/mol. The summed E-state index contributed by atoms with van der Waals surface area (Å²) >= 11 is 0. The first kappa shape index (κ1) is 31.5. The summed E-state index contributed by atoms with van der Waals surface area (Å²) in [5.74, 6) is -6.22. The minimum absolute atomic E-state index is 0.0715. The van der Waals surface area contributed by atoms with E-state index in [-0.39, 0.29) is 11.1 Å². The zero-order valence-electron chi connectivity index (χ0n) is 22.4. The number of hydrogen-bond acceptors (Lipinski definition) is 11. The molecule has 0 spiro atoms. The summed E-state index contributed by atoms with van der Waals surface area (Å²) in [5.41, 5.74) is -4.24. The summed E-state index contributed by atoms with van der Waals surface area (Å²) in [6.07, 6.45) is -2.53. The van der Waals surface area contributed by atoms with E-state index in [0.29, 0.717) is 0 Å². The highest BCUT2D eigenvalue weighted by atomic mass is 16.6. The Morgan fingerprint density at radius 2 is 1.25 bits per heavy atom. The van der Waals surface area contributed by atoms with Gasteiger partial charge in [-0.15, -0.1) is 0 Å². The number of esters is 5. The molecule has 3 atom stereocenters. The van der Waals surface area contributed by atoms with Gasteiger partial charge in [0.05, 0.1) is 17.5 Å². The number of carboxylic acids is 1. The molecule has 214 valence electrons. The van der Waals surface area contributed by atoms with Crippen LogP contribution in [0.2, 0.25) is 0 Å². The van der Waals surface area contributed by atoms with Crippen LogP contribution in [-0.2, 0) is 42.9 Å². The van der Waals surface area contributed by atoms with Gasteiger partial charge in [0.2, 0.25) is 5.60 Å². The molecule has 0 aliphatic carbocycles. The summed E-state index contributed by atoms with van der Waals surface area (Å²) < 4.78 is 26.3. The lowest BCUT2D eigenvalue weighted by molar-refractivity contribution is -0.201. The molecule has 0 amide bonds. The van der Waals surface area contributed by atoms with Crippen LogP contribution in [0.3, 0.4) is 0 Å². The summed E-state index contributed by atoms with van der Waals surface area (Å²) in [7, 11) is 0. The van der Waals surface area contributed by atoms with E-state index in [2.05, 4.69) is 0 Å². The number of hydrogen-bond donors (Lipinski definition) is 1. The van der Waals surface area contributed by atoms with Crippen LogP contribution in [0.1, 0.15) is 54.8 Å². The van der Waals surface area contributed by atoms with Crippen molar-refractivity contribution >= 4 is 35.8 Å². The first-order valence-electron chi connectivity index (χ1n) is 12.0. The third kappa shape index (κ3) is 9.22. The number of benzene rings is 2. The Morgan fingerprint density at radius 3 is 1.73 bits per heavy atom. The minimum Gasteiger partial charge on any atom is -0.481 e. The van der Waals surface area contributed by atoms with E-state index in [1.807, 2.05) is 0 Å². The number of aliphatic carboxylic acids is 1. The highest BCUT2D eigenvalue weighted by Gasteiger charge is 2.50. The number of ether oxygens (including phenoxy) is 5. The van der Waals surface area contributed by atoms with E-state index in [4.69, 9.17) is 23.7 Å². The molecule has 0 bridgehead atoms. The lowest BCUT2D eigenvalue weighted by Gasteiger charge is -2.37. The van der Waals surface area contributed by atoms with Crippen molar-refractivity contribution in [1.29, 1.82) is 0 Å². The zero-order chi connectivity index (χ0) is 29.9. The monoisotopic (exact) mass is 558 g/mol. The summed E-state index contributed by atoms with van der Waals surface area (Å²) in [4.78, 5) is 74.0. The molecule has 1 N–H and O–H groups in total. The van der Waals surface area contributed by atoms with Crippen molar-refractivity contribution in [2.75, 3.05) is 13.2 Å². The maximum atomic E-state index is 13.5. The van der Waals surface area contributed by atoms with E-state index < -0.39 is 72.8 Å². The molecule has 0 radical (unpaired) electrons. The topological polar surface area (TPSA) is 169 Å². The summed E-state index contributed by atoms with van der Waals surface area (Å²) in [6, 6.07) is 15.3. The van der Waals surface area contributed by atoms with Gasteiger partial charge in [-0.2, -0.15) is 0 Å². The van der Waals surface area contributed by atoms with Crippen molar-refractivity contribution in [3.63, 3.8) is 0 Å². The number of carboxylic acid groups (broad SMARTS) is 1. The second-order valence-electron chi connectivity index (χ2n) is 9.10. The van der Waals surface area contributed by atoms with E-state index in [1.54, 1.807) is 36.4 Å². The van der Waals surface area contributed by atoms with Crippen LogP contribution in [-0.4, -0.2) is 71.4 Å². The highest BCUT2D eigenvalue weighted by molar-refractivity contribution is 5.93. The molecule has 0 aliphatic heterocycles. The Morgan fingerprint density at radius 1 is 0.750 bits per heavy atom. The van der Waals surface area contributed by atoms with Crippen LogP contribution in [0.4, 0.5) is 0 Å². The predicted molar refractivity (Wildman–Crippen MR) is 136 cm³/mol. The molecule has 2 aromatic rings. The smallest absolute Gasteiger partial charge is 0.354 e. The van der Waals surface area contributed by atoms with Gasteiger partial charge < -0.3 is 28.8 Å². The Balaban J connectivity index is 2.44. The summed E-state index contributed by atoms with van der Waals surface area (Å²) in [5, 5.41) is 9.62. The third-order valence-corrected chi connectivity index (χ3v) is 5.52. The predicted octanol–water partition coefficient (Wildman–Crippen LogP) is 2.73. The Kier molecular flexibility index (Phi) is 10.9. The van der Waals surface area contributed by atoms with Crippen LogP contribution in [0.5, 0.6) is 0 Å². The fraction of sp³-hybridized carbons (Fsp3) is 0.357. The van der Waals surface area contributed by atoms with E-state index in [0.717, 1.165) is 27.7 Å². The van der Waals surface area contributed by atoms with E-state index in [1.165, 1.54) is 24.3 Å². The SMILES string of the molecule is CC(=O)OC[C@@H](OC(=O)c1ccccc1)[C@@](C)(CC(=O)O)OC(=O)C(C)(COC(C)=O)OC(=O)c1ccccc1. The van der Waals surface area contributed by atoms with Crippen LogP contribution >= 0.6 is 0 Å². The highest BCUT2D eigenvalue weighted by Crippen LogP contribution is 2.29. The molecule has 1 unspecified atom stereocenters. The Bertz CT molecular complexity index is 1230. The van der Waals surface area contributed by atoms with Crippen molar-refractivity contribution in [2.24, 2.45) is 0 Å². The molecule has 0 fully saturated rings. The standard InChI is InChI=1S/C28H30O12/c1-18(29)36-16-22(38-24(33)20-11-7-5-8-12-20)27(3,15-23(31)32)40-26(35)28(4,17-37-19(2)30)39-25(34)21-13-9-6-10-14-21/h5-14,22H,15-17H2,1-4H3,(H,31,32)/t22-,27-,28?/m1/s1. The molecule has 2 aromatic carbocycles. The van der Waals surface area contributed by atoms with Crippen LogP contribution in [0.25, 0.3) is 0 Å². The maximum absolute atomic E-state index is 13.5. The van der Waals surface area contributed by atoms with Crippen molar-refractivity contribution in [3.05, 3.63) is 71.8 Å². The van der Waals surface area contributed by atoms with Gasteiger partial charge in [0.25, 0.3) is 0 Å². The third-order valence-electron chi connectivity index (χ3n) is 5.52. The lowest BCUT2D eigenvalue weighted by Crippen LogP contribution is -2.55. The lowest BCUT2D eigenvalue weighted by atomic mass is 9.94. The van der Waals surface area contributed by atoms with Crippen molar-refractivity contribution in [2.45, 2.75) is 51.4 Å². The second-order valence-corrected chi connectivity index (χ2v) is 9.10. The normalized spacial score (nSPS) is 14.3. The molecule has 40 heavy (non-hydrogen) atoms. The van der Waals surface area contributed by atoms with Gasteiger partial charge in [-0.3, -0.25) is 14.4 Å². The average Bonchev–Trinajstić information content (AvgIpc) is 2.90.